The van der Waals surface area contributed by atoms with Gasteiger partial charge in [-0.05, 0) is 53.8 Å². The molecule has 2 aromatic heterocycles. The van der Waals surface area contributed by atoms with Gasteiger partial charge in [-0.3, -0.25) is 0 Å². The van der Waals surface area contributed by atoms with Crippen molar-refractivity contribution >= 4 is 52.2 Å². The quantitative estimate of drug-likeness (QED) is 0.143. The molecule has 0 saturated carbocycles. The highest BCUT2D eigenvalue weighted by atomic mass is 32.1. The molecule has 0 fully saturated rings. The van der Waals surface area contributed by atoms with Gasteiger partial charge < -0.3 is 0 Å². The molecule has 0 aliphatic rings. The summed E-state index contributed by atoms with van der Waals surface area (Å²) in [7, 11) is 0. The van der Waals surface area contributed by atoms with Gasteiger partial charge in [-0.25, -0.2) is 8.78 Å². The van der Waals surface area contributed by atoms with Crippen LogP contribution in [-0.2, 0) is 6.42 Å². The summed E-state index contributed by atoms with van der Waals surface area (Å²) in [6.07, 6.45) is 14.9. The third-order valence-corrected chi connectivity index (χ3v) is 9.72. The first kappa shape index (κ1) is 25.4. The fourth-order valence-electron chi connectivity index (χ4n) is 5.13. The monoisotopic (exact) mass is 520 g/mol. The summed E-state index contributed by atoms with van der Waals surface area (Å²) in [6, 6.07) is 17.4. The van der Waals surface area contributed by atoms with E-state index in [2.05, 4.69) is 37.3 Å². The molecule has 36 heavy (non-hydrogen) atoms. The predicted octanol–water partition coefficient (Wildman–Crippen LogP) is 11.7. The minimum absolute atomic E-state index is 0.703. The fraction of sp³-hybridized carbons (Fsp3) is 0.375. The van der Waals surface area contributed by atoms with Gasteiger partial charge in [0.05, 0.1) is 9.40 Å². The molecule has 0 saturated heterocycles. The molecule has 0 N–H and O–H groups in total. The van der Waals surface area contributed by atoms with Crippen LogP contribution in [0, 0.1) is 11.6 Å². The summed E-state index contributed by atoms with van der Waals surface area (Å²) in [5.74, 6) is -1.62. The zero-order valence-electron chi connectivity index (χ0n) is 21.0. The van der Waals surface area contributed by atoms with E-state index in [1.165, 1.54) is 111 Å². The third-order valence-electron chi connectivity index (χ3n) is 7.22. The number of unbranched alkanes of at least 4 members (excludes halogenated alkanes) is 9. The van der Waals surface area contributed by atoms with E-state index in [0.717, 1.165) is 12.0 Å². The number of halogens is 2. The lowest BCUT2D eigenvalue weighted by molar-refractivity contribution is 0.509. The Kier molecular flexibility index (Phi) is 8.33. The lowest BCUT2D eigenvalue weighted by Gasteiger charge is -2.04. The first-order chi connectivity index (χ1) is 17.6. The average Bonchev–Trinajstić information content (AvgIpc) is 3.42. The lowest BCUT2D eigenvalue weighted by atomic mass is 10.0. The molecule has 0 radical (unpaired) electrons. The Morgan fingerprint density at radius 1 is 0.556 bits per heavy atom. The van der Waals surface area contributed by atoms with E-state index in [4.69, 9.17) is 0 Å². The maximum Gasteiger partial charge on any atom is 0.159 e. The van der Waals surface area contributed by atoms with Crippen LogP contribution in [0.4, 0.5) is 8.78 Å². The van der Waals surface area contributed by atoms with Gasteiger partial charge in [-0.1, -0.05) is 95.0 Å². The zero-order valence-corrected chi connectivity index (χ0v) is 22.7. The highest BCUT2D eigenvalue weighted by Gasteiger charge is 2.14. The molecule has 0 bridgehead atoms. The van der Waals surface area contributed by atoms with Gasteiger partial charge in [0.25, 0.3) is 0 Å². The summed E-state index contributed by atoms with van der Waals surface area (Å²) in [5, 5.41) is 2.58. The fourth-order valence-corrected chi connectivity index (χ4v) is 7.88. The number of hydrogen-bond acceptors (Lipinski definition) is 2. The summed E-state index contributed by atoms with van der Waals surface area (Å²) < 4.78 is 32.3. The molecule has 3 aromatic carbocycles. The third kappa shape index (κ3) is 5.65. The van der Waals surface area contributed by atoms with Crippen LogP contribution in [0.15, 0.2) is 54.6 Å². The van der Waals surface area contributed by atoms with Crippen LogP contribution >= 0.6 is 22.7 Å². The van der Waals surface area contributed by atoms with Gasteiger partial charge in [-0.15, -0.1) is 22.7 Å². The molecule has 0 atom stereocenters. The summed E-state index contributed by atoms with van der Waals surface area (Å²) >= 11 is 3.67. The first-order valence-corrected chi connectivity index (χ1v) is 15.1. The van der Waals surface area contributed by atoms with Crippen molar-refractivity contribution in [2.75, 3.05) is 0 Å². The summed E-state index contributed by atoms with van der Waals surface area (Å²) in [4.78, 5) is 0. The van der Waals surface area contributed by atoms with Gasteiger partial charge in [0.2, 0.25) is 0 Å². The molecular weight excluding hydrogens is 486 g/mol. The molecule has 0 aliphatic carbocycles. The molecule has 4 heteroatoms. The highest BCUT2D eigenvalue weighted by molar-refractivity contribution is 7.36. The smallest absolute Gasteiger partial charge is 0.159 e. The van der Waals surface area contributed by atoms with E-state index in [9.17, 15) is 8.78 Å². The molecule has 0 aliphatic heterocycles. The maximum absolute atomic E-state index is 13.7. The number of hydrogen-bond donors (Lipinski definition) is 0. The molecular formula is C32H34F2S2. The molecule has 5 rings (SSSR count). The van der Waals surface area contributed by atoms with Crippen LogP contribution in [0.3, 0.4) is 0 Å². The SMILES string of the molecule is CCCCCCCCCCCCc1ccc2c(c1)sc1c3ccc(-c4ccc(F)c(F)c4)cc3sc21. The van der Waals surface area contributed by atoms with Gasteiger partial charge >= 0.3 is 0 Å². The second-order valence-corrected chi connectivity index (χ2v) is 12.1. The Morgan fingerprint density at radius 2 is 1.11 bits per heavy atom. The van der Waals surface area contributed by atoms with Gasteiger partial charge in [0.15, 0.2) is 11.6 Å². The van der Waals surface area contributed by atoms with Gasteiger partial charge in [0, 0.05) is 20.2 Å². The van der Waals surface area contributed by atoms with E-state index in [-0.39, 0.29) is 0 Å². The highest BCUT2D eigenvalue weighted by Crippen LogP contribution is 2.45. The van der Waals surface area contributed by atoms with Crippen molar-refractivity contribution in [3.8, 4) is 11.1 Å². The van der Waals surface area contributed by atoms with Crippen LogP contribution in [0.5, 0.6) is 0 Å². The minimum Gasteiger partial charge on any atom is -0.204 e. The molecule has 0 unspecified atom stereocenters. The predicted molar refractivity (Wildman–Crippen MR) is 156 cm³/mol. The second kappa shape index (κ2) is 11.8. The molecule has 0 spiro atoms. The molecule has 5 aromatic rings. The van der Waals surface area contributed by atoms with Crippen LogP contribution in [0.2, 0.25) is 0 Å². The summed E-state index contributed by atoms with van der Waals surface area (Å²) in [5.41, 5.74) is 3.06. The first-order valence-electron chi connectivity index (χ1n) is 13.5. The van der Waals surface area contributed by atoms with E-state index in [1.807, 2.05) is 17.4 Å². The number of fused-ring (bicyclic) bond motifs is 5. The molecule has 188 valence electrons. The lowest BCUT2D eigenvalue weighted by Crippen LogP contribution is -1.86. The van der Waals surface area contributed by atoms with Crippen molar-refractivity contribution in [1.29, 1.82) is 0 Å². The Morgan fingerprint density at radius 3 is 1.78 bits per heavy atom. The van der Waals surface area contributed by atoms with Crippen molar-refractivity contribution in [2.45, 2.75) is 77.6 Å². The van der Waals surface area contributed by atoms with E-state index < -0.39 is 11.6 Å². The van der Waals surface area contributed by atoms with E-state index in [1.54, 1.807) is 17.4 Å². The Bertz CT molecular complexity index is 1460. The van der Waals surface area contributed by atoms with Crippen molar-refractivity contribution < 1.29 is 8.78 Å². The number of thiophene rings is 2. The molecule has 2 heterocycles. The van der Waals surface area contributed by atoms with Crippen LogP contribution in [0.25, 0.3) is 40.7 Å². The van der Waals surface area contributed by atoms with Crippen LogP contribution < -0.4 is 0 Å². The van der Waals surface area contributed by atoms with Gasteiger partial charge in [0.1, 0.15) is 0 Å². The Balaban J connectivity index is 1.22. The Labute approximate surface area is 221 Å². The molecule has 0 amide bonds. The normalized spacial score (nSPS) is 11.9. The van der Waals surface area contributed by atoms with Crippen molar-refractivity contribution in [1.82, 2.24) is 0 Å². The molecule has 0 nitrogen and oxygen atoms in total. The number of benzene rings is 3. The van der Waals surface area contributed by atoms with Crippen molar-refractivity contribution in [3.05, 3.63) is 71.8 Å². The largest absolute Gasteiger partial charge is 0.204 e. The zero-order chi connectivity index (χ0) is 24.9. The van der Waals surface area contributed by atoms with Crippen LogP contribution in [0.1, 0.15) is 76.7 Å². The minimum atomic E-state index is -0.810. The van der Waals surface area contributed by atoms with E-state index in [0.29, 0.717) is 5.56 Å². The van der Waals surface area contributed by atoms with Crippen molar-refractivity contribution in [2.24, 2.45) is 0 Å². The van der Waals surface area contributed by atoms with Crippen LogP contribution in [-0.4, -0.2) is 0 Å². The maximum atomic E-state index is 13.7. The van der Waals surface area contributed by atoms with E-state index >= 15 is 0 Å². The number of aryl methyl sites for hydroxylation is 1. The average molecular weight is 521 g/mol. The second-order valence-electron chi connectivity index (χ2n) is 9.96. The Hall–Kier alpha value is -2.30. The summed E-state index contributed by atoms with van der Waals surface area (Å²) in [6.45, 7) is 2.28. The number of rotatable bonds is 12. The van der Waals surface area contributed by atoms with Crippen molar-refractivity contribution in [3.63, 3.8) is 0 Å². The topological polar surface area (TPSA) is 0 Å². The van der Waals surface area contributed by atoms with Gasteiger partial charge in [-0.2, -0.15) is 0 Å². The standard InChI is InChI=1S/C32H34F2S2/c1-2-3-4-5-6-7-8-9-10-11-12-22-13-16-25-29(19-22)35-32-26-17-14-24(21-30(26)36-31(25)32)23-15-18-27(33)28(34)20-23/h13-21H,2-12H2,1H3.